The summed E-state index contributed by atoms with van der Waals surface area (Å²) >= 11 is 5.95. The minimum atomic E-state index is -0.868. The van der Waals surface area contributed by atoms with Crippen LogP contribution in [0.15, 0.2) is 48.8 Å². The maximum atomic E-state index is 13.6. The van der Waals surface area contributed by atoms with E-state index in [2.05, 4.69) is 15.6 Å². The summed E-state index contributed by atoms with van der Waals surface area (Å²) in [6.07, 6.45) is 1.75. The van der Waals surface area contributed by atoms with Crippen LogP contribution in [-0.4, -0.2) is 64.5 Å². The van der Waals surface area contributed by atoms with E-state index in [0.717, 1.165) is 25.1 Å². The van der Waals surface area contributed by atoms with Crippen molar-refractivity contribution in [3.05, 3.63) is 76.6 Å². The molecule has 0 aliphatic carbocycles. The molecule has 37 heavy (non-hydrogen) atoms. The molecule has 194 valence electrons. The summed E-state index contributed by atoms with van der Waals surface area (Å²) in [5.74, 6) is -2.49. The number of hydrogen-bond acceptors (Lipinski definition) is 5. The van der Waals surface area contributed by atoms with Crippen LogP contribution < -0.4 is 16.4 Å². The van der Waals surface area contributed by atoms with Crippen LogP contribution in [0.1, 0.15) is 44.2 Å². The molecule has 4 N–H and O–H groups in total. The normalized spacial score (nSPS) is 15.8. The molecule has 3 amide bonds. The van der Waals surface area contributed by atoms with E-state index in [1.165, 1.54) is 17.0 Å². The number of primary amides is 1. The number of carbonyl (C=O) groups is 3. The Balaban J connectivity index is 1.47. The maximum absolute atomic E-state index is 13.6. The second-order valence-corrected chi connectivity index (χ2v) is 9.00. The molecule has 1 aliphatic heterocycles. The molecule has 0 unspecified atom stereocenters. The van der Waals surface area contributed by atoms with Gasteiger partial charge in [0.1, 0.15) is 24.0 Å². The van der Waals surface area contributed by atoms with Gasteiger partial charge in [-0.2, -0.15) is 0 Å². The third-order valence-corrected chi connectivity index (χ3v) is 6.27. The van der Waals surface area contributed by atoms with Gasteiger partial charge in [-0.25, -0.2) is 13.8 Å². The Bertz CT molecular complexity index is 1310. The van der Waals surface area contributed by atoms with E-state index in [-0.39, 0.29) is 28.5 Å². The molecule has 1 atom stereocenters. The SMILES string of the molecule is NC(=O)c1ncn(-c2ccc(NC(=O)c3ccc(F)cc3Cl)cc2)c1C(=O)NCCN1CCC[C@@H](F)C1. The molecule has 1 saturated heterocycles. The summed E-state index contributed by atoms with van der Waals surface area (Å²) in [6.45, 7) is 1.82. The average molecular weight is 531 g/mol. The second kappa shape index (κ2) is 11.5. The van der Waals surface area contributed by atoms with Crippen molar-refractivity contribution in [1.29, 1.82) is 0 Å². The Labute approximate surface area is 216 Å². The lowest BCUT2D eigenvalue weighted by Crippen LogP contribution is -2.41. The molecule has 9 nitrogen and oxygen atoms in total. The molecule has 1 aromatic heterocycles. The number of carbonyl (C=O) groups excluding carboxylic acids is 3. The van der Waals surface area contributed by atoms with E-state index >= 15 is 0 Å². The number of amides is 3. The Hall–Kier alpha value is -3.83. The first kappa shape index (κ1) is 26.2. The number of imidazole rings is 1. The van der Waals surface area contributed by atoms with E-state index < -0.39 is 29.7 Å². The minimum absolute atomic E-state index is 0.0213. The molecule has 0 saturated carbocycles. The van der Waals surface area contributed by atoms with Gasteiger partial charge in [-0.15, -0.1) is 0 Å². The number of likely N-dealkylation sites (tertiary alicyclic amines) is 1. The van der Waals surface area contributed by atoms with Crippen molar-refractivity contribution < 1.29 is 23.2 Å². The van der Waals surface area contributed by atoms with Crippen LogP contribution in [0.2, 0.25) is 5.02 Å². The Kier molecular flexibility index (Phi) is 8.14. The first-order valence-electron chi connectivity index (χ1n) is 11.6. The topological polar surface area (TPSA) is 122 Å². The number of nitrogens with one attached hydrogen (secondary N) is 2. The van der Waals surface area contributed by atoms with Crippen LogP contribution in [0.4, 0.5) is 14.5 Å². The van der Waals surface area contributed by atoms with Gasteiger partial charge in [-0.1, -0.05) is 11.6 Å². The lowest BCUT2D eigenvalue weighted by molar-refractivity contribution is 0.0916. The van der Waals surface area contributed by atoms with E-state index in [1.807, 2.05) is 4.90 Å². The molecule has 2 aromatic carbocycles. The number of aromatic nitrogens is 2. The molecule has 12 heteroatoms. The first-order chi connectivity index (χ1) is 17.7. The van der Waals surface area contributed by atoms with Gasteiger partial charge in [0.2, 0.25) is 0 Å². The Morgan fingerprint density at radius 3 is 2.57 bits per heavy atom. The van der Waals surface area contributed by atoms with Gasteiger partial charge in [0.05, 0.1) is 10.6 Å². The maximum Gasteiger partial charge on any atom is 0.270 e. The van der Waals surface area contributed by atoms with Crippen molar-refractivity contribution >= 4 is 35.0 Å². The highest BCUT2D eigenvalue weighted by Gasteiger charge is 2.24. The zero-order valence-electron chi connectivity index (χ0n) is 19.7. The highest BCUT2D eigenvalue weighted by atomic mass is 35.5. The number of anilines is 1. The zero-order chi connectivity index (χ0) is 26.5. The summed E-state index contributed by atoms with van der Waals surface area (Å²) in [7, 11) is 0. The number of alkyl halides is 1. The van der Waals surface area contributed by atoms with Gasteiger partial charge in [-0.05, 0) is 61.9 Å². The molecule has 1 aliphatic rings. The summed E-state index contributed by atoms with van der Waals surface area (Å²) in [6, 6.07) is 9.85. The molecule has 2 heterocycles. The lowest BCUT2D eigenvalue weighted by Gasteiger charge is -2.28. The third kappa shape index (κ3) is 6.30. The van der Waals surface area contributed by atoms with E-state index in [0.29, 0.717) is 30.9 Å². The minimum Gasteiger partial charge on any atom is -0.364 e. The number of halogens is 3. The predicted octanol–water partition coefficient (Wildman–Crippen LogP) is 3.18. The summed E-state index contributed by atoms with van der Waals surface area (Å²) in [4.78, 5) is 43.3. The van der Waals surface area contributed by atoms with E-state index in [4.69, 9.17) is 17.3 Å². The van der Waals surface area contributed by atoms with Crippen LogP contribution in [-0.2, 0) is 0 Å². The van der Waals surface area contributed by atoms with Crippen molar-refractivity contribution in [3.63, 3.8) is 0 Å². The fraction of sp³-hybridized carbons (Fsp3) is 0.280. The number of hydrogen-bond donors (Lipinski definition) is 3. The molecule has 4 rings (SSSR count). The quantitative estimate of drug-likeness (QED) is 0.413. The monoisotopic (exact) mass is 530 g/mol. The van der Waals surface area contributed by atoms with Crippen molar-refractivity contribution in [1.82, 2.24) is 19.8 Å². The standard InChI is InChI=1S/C25H25ClF2N6O3/c26-20-12-15(27)3-8-19(20)24(36)32-17-4-6-18(7-5-17)34-14-31-21(23(29)35)22(34)25(37)30-9-11-33-10-1-2-16(28)13-33/h3-8,12,14,16H,1-2,9-11,13H2,(H2,29,35)(H,30,37)(H,32,36)/t16-/m1/s1. The van der Waals surface area contributed by atoms with Crippen LogP contribution >= 0.6 is 11.6 Å². The number of nitrogens with two attached hydrogens (primary N) is 1. The Morgan fingerprint density at radius 1 is 1.14 bits per heavy atom. The third-order valence-electron chi connectivity index (χ3n) is 5.96. The molecule has 1 fully saturated rings. The van der Waals surface area contributed by atoms with Gasteiger partial charge in [-0.3, -0.25) is 23.9 Å². The Morgan fingerprint density at radius 2 is 1.89 bits per heavy atom. The first-order valence-corrected chi connectivity index (χ1v) is 12.0. The van der Waals surface area contributed by atoms with Gasteiger partial charge >= 0.3 is 0 Å². The van der Waals surface area contributed by atoms with Gasteiger partial charge in [0.15, 0.2) is 5.69 Å². The number of piperidine rings is 1. The van der Waals surface area contributed by atoms with E-state index in [1.54, 1.807) is 24.3 Å². The summed E-state index contributed by atoms with van der Waals surface area (Å²) in [5.41, 5.74) is 6.22. The van der Waals surface area contributed by atoms with Gasteiger partial charge < -0.3 is 16.4 Å². The van der Waals surface area contributed by atoms with Crippen molar-refractivity contribution in [2.45, 2.75) is 19.0 Å². The van der Waals surface area contributed by atoms with Crippen LogP contribution in [0.3, 0.4) is 0 Å². The fourth-order valence-electron chi connectivity index (χ4n) is 4.13. The lowest BCUT2D eigenvalue weighted by atomic mass is 10.1. The number of rotatable bonds is 8. The second-order valence-electron chi connectivity index (χ2n) is 8.60. The molecule has 0 bridgehead atoms. The predicted molar refractivity (Wildman–Crippen MR) is 134 cm³/mol. The van der Waals surface area contributed by atoms with Crippen molar-refractivity contribution in [2.24, 2.45) is 5.73 Å². The zero-order valence-corrected chi connectivity index (χ0v) is 20.5. The molecule has 3 aromatic rings. The number of nitrogens with zero attached hydrogens (tertiary/aromatic N) is 3. The highest BCUT2D eigenvalue weighted by Crippen LogP contribution is 2.21. The van der Waals surface area contributed by atoms with Gasteiger partial charge in [0.25, 0.3) is 17.7 Å². The van der Waals surface area contributed by atoms with Crippen LogP contribution in [0.5, 0.6) is 0 Å². The number of benzene rings is 2. The molecule has 0 spiro atoms. The molecular formula is C25H25ClF2N6O3. The average Bonchev–Trinajstić information content (AvgIpc) is 3.30. The molecular weight excluding hydrogens is 506 g/mol. The summed E-state index contributed by atoms with van der Waals surface area (Å²) < 4.78 is 28.3. The van der Waals surface area contributed by atoms with Crippen LogP contribution in [0.25, 0.3) is 5.69 Å². The summed E-state index contributed by atoms with van der Waals surface area (Å²) in [5, 5.41) is 5.39. The van der Waals surface area contributed by atoms with Crippen molar-refractivity contribution in [2.75, 3.05) is 31.5 Å². The highest BCUT2D eigenvalue weighted by molar-refractivity contribution is 6.34. The molecule has 0 radical (unpaired) electrons. The van der Waals surface area contributed by atoms with Crippen LogP contribution in [0, 0.1) is 5.82 Å². The smallest absolute Gasteiger partial charge is 0.270 e. The van der Waals surface area contributed by atoms with Gasteiger partial charge in [0, 0.05) is 31.0 Å². The van der Waals surface area contributed by atoms with E-state index in [9.17, 15) is 23.2 Å². The fourth-order valence-corrected chi connectivity index (χ4v) is 4.39. The largest absolute Gasteiger partial charge is 0.364 e. The van der Waals surface area contributed by atoms with Crippen molar-refractivity contribution in [3.8, 4) is 5.69 Å².